The standard InChI is InChI=1S/C20H21N3O5S/c1-11-5-6-15(27-4)14(7-11)22-16(24)9-28-17(25)8-23-10-21-19-18(20(23)26)12(2)13(3)29-19/h5-7,10H,8-9H2,1-4H3,(H,22,24). The lowest BCUT2D eigenvalue weighted by atomic mass is 10.2. The number of esters is 1. The van der Waals surface area contributed by atoms with E-state index in [-0.39, 0.29) is 12.1 Å². The molecule has 0 unspecified atom stereocenters. The zero-order chi connectivity index (χ0) is 21.1. The van der Waals surface area contributed by atoms with Gasteiger partial charge in [-0.3, -0.25) is 19.0 Å². The van der Waals surface area contributed by atoms with Crippen LogP contribution < -0.4 is 15.6 Å². The van der Waals surface area contributed by atoms with Crippen molar-refractivity contribution in [3.05, 3.63) is 50.9 Å². The maximum Gasteiger partial charge on any atom is 0.326 e. The Morgan fingerprint density at radius 3 is 2.72 bits per heavy atom. The predicted octanol–water partition coefficient (Wildman–Crippen LogP) is 2.57. The number of anilines is 1. The van der Waals surface area contributed by atoms with Crippen LogP contribution in [0.2, 0.25) is 0 Å². The van der Waals surface area contributed by atoms with Crippen LogP contribution >= 0.6 is 11.3 Å². The molecule has 0 saturated carbocycles. The van der Waals surface area contributed by atoms with Crippen LogP contribution in [0.5, 0.6) is 5.75 Å². The summed E-state index contributed by atoms with van der Waals surface area (Å²) in [6, 6.07) is 5.35. The number of methoxy groups -OCH3 is 1. The molecule has 2 aromatic heterocycles. The first-order chi connectivity index (χ1) is 13.8. The van der Waals surface area contributed by atoms with Gasteiger partial charge in [-0.25, -0.2) is 4.98 Å². The van der Waals surface area contributed by atoms with E-state index in [0.29, 0.717) is 21.7 Å². The molecule has 0 aliphatic carbocycles. The van der Waals surface area contributed by atoms with Crippen molar-refractivity contribution in [3.63, 3.8) is 0 Å². The number of hydrogen-bond donors (Lipinski definition) is 1. The fourth-order valence-electron chi connectivity index (χ4n) is 2.82. The minimum absolute atomic E-state index is 0.303. The number of aryl methyl sites for hydroxylation is 3. The third-order valence-corrected chi connectivity index (χ3v) is 5.56. The van der Waals surface area contributed by atoms with Gasteiger partial charge in [-0.05, 0) is 44.0 Å². The fraction of sp³-hybridized carbons (Fsp3) is 0.300. The van der Waals surface area contributed by atoms with Crippen LogP contribution in [-0.4, -0.2) is 35.1 Å². The van der Waals surface area contributed by atoms with E-state index >= 15 is 0 Å². The molecule has 3 aromatic rings. The number of hydrogen-bond acceptors (Lipinski definition) is 7. The maximum absolute atomic E-state index is 12.6. The SMILES string of the molecule is COc1ccc(C)cc1NC(=O)COC(=O)Cn1cnc2sc(C)c(C)c2c1=O. The predicted molar refractivity (Wildman–Crippen MR) is 111 cm³/mol. The second-order valence-corrected chi connectivity index (χ2v) is 7.76. The van der Waals surface area contributed by atoms with Crippen molar-refractivity contribution in [1.29, 1.82) is 0 Å². The first kappa shape index (κ1) is 20.5. The van der Waals surface area contributed by atoms with E-state index in [0.717, 1.165) is 16.0 Å². The van der Waals surface area contributed by atoms with Gasteiger partial charge in [-0.15, -0.1) is 11.3 Å². The lowest BCUT2D eigenvalue weighted by molar-refractivity contribution is -0.147. The molecule has 9 heteroatoms. The second-order valence-electron chi connectivity index (χ2n) is 6.55. The summed E-state index contributed by atoms with van der Waals surface area (Å²) in [5.74, 6) is -0.709. The zero-order valence-electron chi connectivity index (χ0n) is 16.6. The summed E-state index contributed by atoms with van der Waals surface area (Å²) in [7, 11) is 1.50. The molecular weight excluding hydrogens is 394 g/mol. The van der Waals surface area contributed by atoms with Crippen molar-refractivity contribution in [3.8, 4) is 5.75 Å². The van der Waals surface area contributed by atoms with Gasteiger partial charge in [0.1, 0.15) is 17.1 Å². The first-order valence-electron chi connectivity index (χ1n) is 8.85. The van der Waals surface area contributed by atoms with E-state index in [2.05, 4.69) is 10.3 Å². The van der Waals surface area contributed by atoms with Gasteiger partial charge in [0.2, 0.25) is 0 Å². The smallest absolute Gasteiger partial charge is 0.326 e. The maximum atomic E-state index is 12.6. The number of amides is 1. The normalized spacial score (nSPS) is 10.8. The molecule has 1 aromatic carbocycles. The Bertz CT molecular complexity index is 1150. The number of benzene rings is 1. The molecule has 3 rings (SSSR count). The third kappa shape index (κ3) is 4.45. The average Bonchev–Trinajstić information content (AvgIpc) is 2.97. The Balaban J connectivity index is 1.63. The number of aromatic nitrogens is 2. The Morgan fingerprint density at radius 2 is 2.00 bits per heavy atom. The lowest BCUT2D eigenvalue weighted by Gasteiger charge is -2.11. The third-order valence-electron chi connectivity index (χ3n) is 4.45. The van der Waals surface area contributed by atoms with Gasteiger partial charge >= 0.3 is 5.97 Å². The van der Waals surface area contributed by atoms with Crippen LogP contribution in [0.3, 0.4) is 0 Å². The van der Waals surface area contributed by atoms with Crippen molar-refractivity contribution >= 4 is 39.1 Å². The molecule has 0 radical (unpaired) electrons. The Kier molecular flexibility index (Phi) is 5.97. The summed E-state index contributed by atoms with van der Waals surface area (Å²) in [5, 5.41) is 3.15. The summed E-state index contributed by atoms with van der Waals surface area (Å²) >= 11 is 1.44. The number of fused-ring (bicyclic) bond motifs is 1. The van der Waals surface area contributed by atoms with Crippen LogP contribution in [0.4, 0.5) is 5.69 Å². The monoisotopic (exact) mass is 415 g/mol. The van der Waals surface area contributed by atoms with Crippen molar-refractivity contribution < 1.29 is 19.1 Å². The minimum Gasteiger partial charge on any atom is -0.495 e. The molecule has 0 aliphatic rings. The largest absolute Gasteiger partial charge is 0.495 e. The summed E-state index contributed by atoms with van der Waals surface area (Å²) in [5.41, 5.74) is 1.99. The van der Waals surface area contributed by atoms with Gasteiger partial charge in [0.25, 0.3) is 11.5 Å². The first-order valence-corrected chi connectivity index (χ1v) is 9.67. The Labute approximate surface area is 171 Å². The highest BCUT2D eigenvalue weighted by molar-refractivity contribution is 7.18. The summed E-state index contributed by atoms with van der Waals surface area (Å²) in [6.07, 6.45) is 1.32. The summed E-state index contributed by atoms with van der Waals surface area (Å²) in [6.45, 7) is 4.86. The highest BCUT2D eigenvalue weighted by Crippen LogP contribution is 2.26. The van der Waals surface area contributed by atoms with Gasteiger partial charge in [-0.2, -0.15) is 0 Å². The highest BCUT2D eigenvalue weighted by atomic mass is 32.1. The summed E-state index contributed by atoms with van der Waals surface area (Å²) < 4.78 is 11.4. The van der Waals surface area contributed by atoms with E-state index in [1.807, 2.05) is 26.8 Å². The molecule has 0 aliphatic heterocycles. The molecule has 1 amide bonds. The quantitative estimate of drug-likeness (QED) is 0.621. The molecule has 0 spiro atoms. The Hall–Kier alpha value is -3.20. The van der Waals surface area contributed by atoms with Gasteiger partial charge in [0, 0.05) is 4.88 Å². The van der Waals surface area contributed by atoms with Crippen LogP contribution in [0, 0.1) is 20.8 Å². The van der Waals surface area contributed by atoms with E-state index in [4.69, 9.17) is 9.47 Å². The van der Waals surface area contributed by atoms with E-state index < -0.39 is 18.5 Å². The number of carbonyl (C=O) groups is 2. The molecule has 0 bridgehead atoms. The number of nitrogens with one attached hydrogen (secondary N) is 1. The molecule has 8 nitrogen and oxygen atoms in total. The molecule has 152 valence electrons. The average molecular weight is 415 g/mol. The van der Waals surface area contributed by atoms with E-state index in [1.54, 1.807) is 12.1 Å². The van der Waals surface area contributed by atoms with E-state index in [9.17, 15) is 14.4 Å². The molecule has 29 heavy (non-hydrogen) atoms. The van der Waals surface area contributed by atoms with Crippen LogP contribution in [-0.2, 0) is 20.9 Å². The molecule has 0 fully saturated rings. The van der Waals surface area contributed by atoms with Crippen LogP contribution in [0.25, 0.3) is 10.2 Å². The number of ether oxygens (including phenoxy) is 2. The van der Waals surface area contributed by atoms with Gasteiger partial charge < -0.3 is 14.8 Å². The Morgan fingerprint density at radius 1 is 1.24 bits per heavy atom. The minimum atomic E-state index is -0.704. The van der Waals surface area contributed by atoms with Crippen molar-refractivity contribution in [2.75, 3.05) is 19.0 Å². The summed E-state index contributed by atoms with van der Waals surface area (Å²) in [4.78, 5) is 42.7. The number of nitrogens with zero attached hydrogens (tertiary/aromatic N) is 2. The molecule has 0 saturated heterocycles. The second kappa shape index (κ2) is 8.44. The number of rotatable bonds is 6. The zero-order valence-corrected chi connectivity index (χ0v) is 17.4. The van der Waals surface area contributed by atoms with Crippen molar-refractivity contribution in [2.24, 2.45) is 0 Å². The van der Waals surface area contributed by atoms with Crippen molar-refractivity contribution in [2.45, 2.75) is 27.3 Å². The van der Waals surface area contributed by atoms with Crippen LogP contribution in [0.1, 0.15) is 16.0 Å². The number of carbonyl (C=O) groups excluding carboxylic acids is 2. The van der Waals surface area contributed by atoms with Crippen LogP contribution in [0.15, 0.2) is 29.3 Å². The fourth-order valence-corrected chi connectivity index (χ4v) is 3.81. The molecular formula is C20H21N3O5S. The molecule has 2 heterocycles. The highest BCUT2D eigenvalue weighted by Gasteiger charge is 2.15. The number of thiophene rings is 1. The van der Waals surface area contributed by atoms with Gasteiger partial charge in [0.05, 0.1) is 24.5 Å². The lowest BCUT2D eigenvalue weighted by Crippen LogP contribution is -2.28. The molecule has 1 N–H and O–H groups in total. The molecule has 0 atom stereocenters. The van der Waals surface area contributed by atoms with Crippen molar-refractivity contribution in [1.82, 2.24) is 9.55 Å². The van der Waals surface area contributed by atoms with E-state index in [1.165, 1.54) is 29.3 Å². The van der Waals surface area contributed by atoms with Gasteiger partial charge in [-0.1, -0.05) is 6.07 Å². The topological polar surface area (TPSA) is 99.5 Å². The van der Waals surface area contributed by atoms with Gasteiger partial charge in [0.15, 0.2) is 6.61 Å².